The van der Waals surface area contributed by atoms with Gasteiger partial charge in [-0.15, -0.1) is 5.10 Å². The molecule has 0 saturated carbocycles. The molecule has 0 bridgehead atoms. The highest BCUT2D eigenvalue weighted by Gasteiger charge is 1.99. The highest BCUT2D eigenvalue weighted by molar-refractivity contribution is 5.41. The van der Waals surface area contributed by atoms with E-state index in [0.29, 0.717) is 0 Å². The summed E-state index contributed by atoms with van der Waals surface area (Å²) in [5.41, 5.74) is 1.17. The maximum Gasteiger partial charge on any atom is 0.115 e. The number of hydrogen-bond donors (Lipinski definition) is 0. The second kappa shape index (κ2) is 5.20. The summed E-state index contributed by atoms with van der Waals surface area (Å²) in [5, 5.41) is 5.57. The summed E-state index contributed by atoms with van der Waals surface area (Å²) in [6, 6.07) is 12.9. The standard InChI is InChI=1S/C11H15N3/c1-10(12-9-13-14(2)3)11-7-5-4-6-8-11/h4-8,10H,1-3H3. The summed E-state index contributed by atoms with van der Waals surface area (Å²) in [6.45, 7) is 2.02. The molecule has 1 unspecified atom stereocenters. The first-order valence-electron chi connectivity index (χ1n) is 4.58. The first kappa shape index (κ1) is 10.5. The largest absolute Gasteiger partial charge is 0.294 e. The van der Waals surface area contributed by atoms with Crippen LogP contribution in [-0.2, 0) is 0 Å². The lowest BCUT2D eigenvalue weighted by Crippen LogP contribution is -1.99. The molecule has 1 atom stereocenters. The van der Waals surface area contributed by atoms with Gasteiger partial charge in [-0.2, -0.15) is 0 Å². The average Bonchev–Trinajstić information content (AvgIpc) is 2.18. The van der Waals surface area contributed by atoms with Crippen molar-refractivity contribution in [1.29, 1.82) is 0 Å². The third-order valence-corrected chi connectivity index (χ3v) is 1.78. The Balaban J connectivity index is 2.68. The SMILES string of the molecule is CC(N=C=NN(C)C)c1ccccc1. The van der Waals surface area contributed by atoms with Gasteiger partial charge in [0.1, 0.15) is 6.01 Å². The van der Waals surface area contributed by atoms with E-state index in [1.165, 1.54) is 5.56 Å². The zero-order valence-corrected chi connectivity index (χ0v) is 8.81. The van der Waals surface area contributed by atoms with Crippen molar-refractivity contribution in [3.8, 4) is 0 Å². The Hall–Kier alpha value is -1.60. The summed E-state index contributed by atoms with van der Waals surface area (Å²) >= 11 is 0. The number of nitrogens with zero attached hydrogens (tertiary/aromatic N) is 3. The van der Waals surface area contributed by atoms with Gasteiger partial charge in [0.25, 0.3) is 0 Å². The summed E-state index contributed by atoms with van der Waals surface area (Å²) in [6.07, 6.45) is 0. The Kier molecular flexibility index (Phi) is 3.89. The normalized spacial score (nSPS) is 11.4. The molecule has 0 radical (unpaired) electrons. The Bertz CT molecular complexity index is 324. The monoisotopic (exact) mass is 189 g/mol. The zero-order valence-electron chi connectivity index (χ0n) is 8.81. The molecule has 0 heterocycles. The Morgan fingerprint density at radius 3 is 2.43 bits per heavy atom. The van der Waals surface area contributed by atoms with Gasteiger partial charge in [0.15, 0.2) is 0 Å². The molecule has 0 aliphatic carbocycles. The molecule has 0 aromatic heterocycles. The summed E-state index contributed by atoms with van der Waals surface area (Å²) in [7, 11) is 3.69. The molecule has 1 rings (SSSR count). The van der Waals surface area contributed by atoms with E-state index in [4.69, 9.17) is 0 Å². The van der Waals surface area contributed by atoms with Crippen molar-refractivity contribution in [3.63, 3.8) is 0 Å². The molecule has 3 nitrogen and oxygen atoms in total. The van der Waals surface area contributed by atoms with E-state index in [0.717, 1.165) is 0 Å². The van der Waals surface area contributed by atoms with Crippen LogP contribution in [0.25, 0.3) is 0 Å². The van der Waals surface area contributed by atoms with Crippen LogP contribution in [0.5, 0.6) is 0 Å². The van der Waals surface area contributed by atoms with Gasteiger partial charge in [-0.1, -0.05) is 30.3 Å². The molecule has 0 aliphatic rings. The van der Waals surface area contributed by atoms with Crippen molar-refractivity contribution < 1.29 is 0 Å². The van der Waals surface area contributed by atoms with Crippen LogP contribution in [-0.4, -0.2) is 25.1 Å². The highest BCUT2D eigenvalue weighted by Crippen LogP contribution is 2.14. The first-order valence-corrected chi connectivity index (χ1v) is 4.58. The topological polar surface area (TPSA) is 28.0 Å². The molecular formula is C11H15N3. The number of rotatable bonds is 3. The Morgan fingerprint density at radius 2 is 1.86 bits per heavy atom. The van der Waals surface area contributed by atoms with Crippen LogP contribution in [0.1, 0.15) is 18.5 Å². The van der Waals surface area contributed by atoms with E-state index in [1.807, 2.05) is 51.4 Å². The third kappa shape index (κ3) is 3.42. The van der Waals surface area contributed by atoms with Crippen molar-refractivity contribution in [3.05, 3.63) is 35.9 Å². The van der Waals surface area contributed by atoms with Gasteiger partial charge in [0.05, 0.1) is 6.04 Å². The van der Waals surface area contributed by atoms with Gasteiger partial charge >= 0.3 is 0 Å². The fraction of sp³-hybridized carbons (Fsp3) is 0.364. The lowest BCUT2D eigenvalue weighted by atomic mass is 10.1. The molecule has 0 N–H and O–H groups in total. The third-order valence-electron chi connectivity index (χ3n) is 1.78. The Labute approximate surface area is 84.8 Å². The van der Waals surface area contributed by atoms with E-state index in [9.17, 15) is 0 Å². The van der Waals surface area contributed by atoms with Crippen LogP contribution in [0.2, 0.25) is 0 Å². The van der Waals surface area contributed by atoms with Gasteiger partial charge in [0.2, 0.25) is 0 Å². The minimum Gasteiger partial charge on any atom is -0.294 e. The van der Waals surface area contributed by atoms with Crippen molar-refractivity contribution in [2.24, 2.45) is 10.1 Å². The van der Waals surface area contributed by atoms with E-state index in [2.05, 4.69) is 16.1 Å². The smallest absolute Gasteiger partial charge is 0.115 e. The van der Waals surface area contributed by atoms with Gasteiger partial charge in [-0.3, -0.25) is 5.01 Å². The zero-order chi connectivity index (χ0) is 10.4. The first-order chi connectivity index (χ1) is 6.70. The van der Waals surface area contributed by atoms with E-state index in [-0.39, 0.29) is 6.04 Å². The maximum absolute atomic E-state index is 4.18. The Morgan fingerprint density at radius 1 is 1.21 bits per heavy atom. The quantitative estimate of drug-likeness (QED) is 0.530. The van der Waals surface area contributed by atoms with Crippen molar-refractivity contribution in [1.82, 2.24) is 5.01 Å². The van der Waals surface area contributed by atoms with Gasteiger partial charge in [0, 0.05) is 14.1 Å². The fourth-order valence-corrected chi connectivity index (χ4v) is 1.01. The molecule has 0 saturated heterocycles. The van der Waals surface area contributed by atoms with Crippen LogP contribution in [0.3, 0.4) is 0 Å². The van der Waals surface area contributed by atoms with Crippen LogP contribution in [0.15, 0.2) is 40.4 Å². The summed E-state index contributed by atoms with van der Waals surface area (Å²) in [4.78, 5) is 4.18. The minimum atomic E-state index is 0.111. The molecule has 0 amide bonds. The van der Waals surface area contributed by atoms with E-state index < -0.39 is 0 Å². The van der Waals surface area contributed by atoms with Gasteiger partial charge in [-0.25, -0.2) is 4.99 Å². The predicted octanol–water partition coefficient (Wildman–Crippen LogP) is 2.40. The highest BCUT2D eigenvalue weighted by atomic mass is 15.4. The van der Waals surface area contributed by atoms with Crippen LogP contribution in [0, 0.1) is 0 Å². The fourth-order valence-electron chi connectivity index (χ4n) is 1.01. The number of aliphatic imine (C=N–C) groups is 1. The van der Waals surface area contributed by atoms with E-state index >= 15 is 0 Å². The molecule has 1 aromatic carbocycles. The number of hydrogen-bond acceptors (Lipinski definition) is 3. The lowest BCUT2D eigenvalue weighted by Gasteiger charge is -2.03. The molecule has 0 fully saturated rings. The number of benzene rings is 1. The van der Waals surface area contributed by atoms with Crippen molar-refractivity contribution in [2.45, 2.75) is 13.0 Å². The average molecular weight is 189 g/mol. The van der Waals surface area contributed by atoms with Crippen molar-refractivity contribution in [2.75, 3.05) is 14.1 Å². The summed E-state index contributed by atoms with van der Waals surface area (Å²) in [5.74, 6) is 0. The predicted molar refractivity (Wildman–Crippen MR) is 58.4 cm³/mol. The van der Waals surface area contributed by atoms with Gasteiger partial charge < -0.3 is 0 Å². The second-order valence-electron chi connectivity index (χ2n) is 3.26. The molecule has 14 heavy (non-hydrogen) atoms. The van der Waals surface area contributed by atoms with Gasteiger partial charge in [-0.05, 0) is 12.5 Å². The van der Waals surface area contributed by atoms with Crippen LogP contribution < -0.4 is 0 Å². The molecule has 0 spiro atoms. The molecule has 1 aromatic rings. The maximum atomic E-state index is 4.18. The molecule has 3 heteroatoms. The second-order valence-corrected chi connectivity index (χ2v) is 3.26. The minimum absolute atomic E-state index is 0.111. The molecule has 0 aliphatic heterocycles. The lowest BCUT2D eigenvalue weighted by molar-refractivity contribution is 0.440. The molecule has 74 valence electrons. The van der Waals surface area contributed by atoms with Crippen LogP contribution >= 0.6 is 0 Å². The van der Waals surface area contributed by atoms with E-state index in [1.54, 1.807) is 5.01 Å². The van der Waals surface area contributed by atoms with Crippen LogP contribution in [0.4, 0.5) is 0 Å². The molecular weight excluding hydrogens is 174 g/mol. The summed E-state index contributed by atoms with van der Waals surface area (Å²) < 4.78 is 0. The van der Waals surface area contributed by atoms with Crippen molar-refractivity contribution >= 4 is 6.01 Å². The number of hydrazone groups is 1.